The minimum absolute atomic E-state index is 0.0103. The fourth-order valence-electron chi connectivity index (χ4n) is 11.1. The number of fused-ring (bicyclic) bond motifs is 3. The summed E-state index contributed by atoms with van der Waals surface area (Å²) >= 11 is 7.96. The molecule has 4 saturated heterocycles. The fraction of sp³-hybridized carbons (Fsp3) is 0.488. The van der Waals surface area contributed by atoms with Gasteiger partial charge in [-0.2, -0.15) is 20.5 Å². The standard InChI is InChI=1S/C43H42ClF3N10O2S/c1-22-7-9-42(19-56(38(42)41(3)10-11-41)40(58)57-21-51-30(16-49)23(57)2)18-55(22)37-26-13-28(44)32(25-5-6-29(46)35-31(25)27(15-48)36(50)60-35)33(47)34(26)52-39(53-37)59-20-43-8-4-12-54(43)17-24(45)14-43/h5-6,13,21-22,24,38H,4,7-12,14,17-20,50H2,1-3H3/t22-,24+,38+,42+,43-/m0/s1. The predicted octanol–water partition coefficient (Wildman–Crippen LogP) is 8.36. The average molecular weight is 855 g/mol. The summed E-state index contributed by atoms with van der Waals surface area (Å²) in [5, 5.41) is 20.2. The van der Waals surface area contributed by atoms with Crippen molar-refractivity contribution in [1.29, 1.82) is 10.5 Å². The highest BCUT2D eigenvalue weighted by Gasteiger charge is 2.66. The molecule has 12 nitrogen and oxygen atoms in total. The van der Waals surface area contributed by atoms with Crippen molar-refractivity contribution in [2.75, 3.05) is 43.4 Å². The van der Waals surface area contributed by atoms with Crippen LogP contribution >= 0.6 is 22.9 Å². The predicted molar refractivity (Wildman–Crippen MR) is 222 cm³/mol. The molecule has 7 heterocycles. The van der Waals surface area contributed by atoms with Crippen molar-refractivity contribution in [3.63, 3.8) is 0 Å². The first-order chi connectivity index (χ1) is 28.7. The zero-order valence-electron chi connectivity index (χ0n) is 33.4. The van der Waals surface area contributed by atoms with E-state index in [0.29, 0.717) is 43.0 Å². The molecule has 60 heavy (non-hydrogen) atoms. The van der Waals surface area contributed by atoms with Crippen LogP contribution in [0.15, 0.2) is 24.5 Å². The lowest BCUT2D eigenvalue weighted by molar-refractivity contribution is -0.0878. The van der Waals surface area contributed by atoms with Gasteiger partial charge in [0.15, 0.2) is 11.5 Å². The van der Waals surface area contributed by atoms with E-state index in [1.54, 1.807) is 13.0 Å². The van der Waals surface area contributed by atoms with Crippen molar-refractivity contribution in [1.82, 2.24) is 29.3 Å². The largest absolute Gasteiger partial charge is 0.461 e. The van der Waals surface area contributed by atoms with Crippen LogP contribution in [0.3, 0.4) is 0 Å². The van der Waals surface area contributed by atoms with Gasteiger partial charge in [-0.25, -0.2) is 22.9 Å². The molecule has 310 valence electrons. The van der Waals surface area contributed by atoms with E-state index in [0.717, 1.165) is 56.4 Å². The van der Waals surface area contributed by atoms with E-state index in [2.05, 4.69) is 45.8 Å². The Morgan fingerprint density at radius 3 is 2.68 bits per heavy atom. The van der Waals surface area contributed by atoms with E-state index in [9.17, 15) is 19.7 Å². The molecular formula is C43H42ClF3N10O2S. The minimum Gasteiger partial charge on any atom is -0.461 e. The van der Waals surface area contributed by atoms with Crippen LogP contribution in [0.5, 0.6) is 6.01 Å². The third-order valence-electron chi connectivity index (χ3n) is 14.3. The van der Waals surface area contributed by atoms with Gasteiger partial charge in [0.05, 0.1) is 26.5 Å². The normalized spacial score (nSPS) is 27.0. The zero-order chi connectivity index (χ0) is 42.0. The number of benzene rings is 2. The molecule has 1 aliphatic carbocycles. The van der Waals surface area contributed by atoms with E-state index in [1.165, 1.54) is 23.0 Å². The van der Waals surface area contributed by atoms with E-state index < -0.39 is 23.3 Å². The summed E-state index contributed by atoms with van der Waals surface area (Å²) in [6.45, 7) is 8.21. The topological polar surface area (TPSA) is 153 Å². The van der Waals surface area contributed by atoms with Gasteiger partial charge < -0.3 is 20.3 Å². The van der Waals surface area contributed by atoms with Crippen molar-refractivity contribution < 1.29 is 22.7 Å². The Morgan fingerprint density at radius 1 is 1.15 bits per heavy atom. The number of imidazole rings is 1. The number of thiophene rings is 1. The Morgan fingerprint density at radius 2 is 1.95 bits per heavy atom. The highest BCUT2D eigenvalue weighted by atomic mass is 35.5. The maximum absolute atomic E-state index is 17.6. The molecule has 2 N–H and O–H groups in total. The van der Waals surface area contributed by atoms with Gasteiger partial charge in [0.25, 0.3) is 0 Å². The number of aromatic nitrogens is 4. The summed E-state index contributed by atoms with van der Waals surface area (Å²) in [7, 11) is 0. The van der Waals surface area contributed by atoms with Crippen LogP contribution in [0.2, 0.25) is 5.02 Å². The van der Waals surface area contributed by atoms with Crippen molar-refractivity contribution in [2.45, 2.75) is 89.5 Å². The molecule has 10 rings (SSSR count). The maximum atomic E-state index is 17.6. The van der Waals surface area contributed by atoms with Gasteiger partial charge in [-0.05, 0) is 82.0 Å². The maximum Gasteiger partial charge on any atom is 0.329 e. The SMILES string of the molecule is Cc1c(C#N)ncn1C(=O)N1C[C@]2(CC[C@H](C)N(c3nc(OC[C@@]45CCCN4C[C@H](F)C5)nc4c(F)c(-c5ccc(F)c6sc(N)c(C#N)c56)c(Cl)cc34)C2)[C@H]1C1(C)CC1. The van der Waals surface area contributed by atoms with Crippen LogP contribution in [0.25, 0.3) is 32.1 Å². The molecule has 0 bridgehead atoms. The lowest BCUT2D eigenvalue weighted by Crippen LogP contribution is -2.74. The number of carbonyl (C=O) groups is 1. The molecule has 1 spiro atoms. The van der Waals surface area contributed by atoms with Gasteiger partial charge >= 0.3 is 12.0 Å². The van der Waals surface area contributed by atoms with Crippen LogP contribution in [-0.2, 0) is 0 Å². The number of hydrogen-bond acceptors (Lipinski definition) is 11. The molecule has 2 aromatic carbocycles. The lowest BCUT2D eigenvalue weighted by Gasteiger charge is -2.64. The number of amides is 1. The van der Waals surface area contributed by atoms with Gasteiger partial charge in [-0.1, -0.05) is 24.6 Å². The second-order valence-electron chi connectivity index (χ2n) is 17.9. The molecule has 17 heteroatoms. The summed E-state index contributed by atoms with van der Waals surface area (Å²) in [5.41, 5.74) is 5.97. The summed E-state index contributed by atoms with van der Waals surface area (Å²) in [6, 6.07) is 7.86. The average Bonchev–Trinajstić information content (AvgIpc) is 3.48. The first-order valence-corrected chi connectivity index (χ1v) is 21.6. The van der Waals surface area contributed by atoms with Gasteiger partial charge in [0, 0.05) is 59.9 Å². The number of halogens is 4. The van der Waals surface area contributed by atoms with Crippen molar-refractivity contribution in [3.8, 4) is 29.3 Å². The molecule has 5 atom stereocenters. The summed E-state index contributed by atoms with van der Waals surface area (Å²) < 4.78 is 55.5. The summed E-state index contributed by atoms with van der Waals surface area (Å²) in [5.74, 6) is -0.976. The number of hydrogen-bond donors (Lipinski definition) is 1. The van der Waals surface area contributed by atoms with Gasteiger partial charge in [0.2, 0.25) is 0 Å². The number of piperidine rings is 1. The highest BCUT2D eigenvalue weighted by Crippen LogP contribution is 2.62. The number of alkyl halides is 1. The molecule has 1 amide bonds. The number of carbonyl (C=O) groups excluding carboxylic acids is 1. The zero-order valence-corrected chi connectivity index (χ0v) is 34.9. The highest BCUT2D eigenvalue weighted by molar-refractivity contribution is 7.23. The third kappa shape index (κ3) is 5.70. The van der Waals surface area contributed by atoms with Gasteiger partial charge in [0.1, 0.15) is 53.4 Å². The van der Waals surface area contributed by atoms with Crippen LogP contribution in [0.4, 0.5) is 28.8 Å². The molecule has 5 aliphatic rings. The second-order valence-corrected chi connectivity index (χ2v) is 19.4. The Bertz CT molecular complexity index is 2740. The molecule has 0 unspecified atom stereocenters. The number of nitrogens with zero attached hydrogens (tertiary/aromatic N) is 9. The first-order valence-electron chi connectivity index (χ1n) is 20.4. The van der Waals surface area contributed by atoms with Crippen LogP contribution < -0.4 is 15.4 Å². The number of nitrogen functional groups attached to an aromatic ring is 1. The van der Waals surface area contributed by atoms with Crippen LogP contribution in [0, 0.1) is 52.1 Å². The fourth-order valence-corrected chi connectivity index (χ4v) is 12.3. The molecular weight excluding hydrogens is 813 g/mol. The van der Waals surface area contributed by atoms with Crippen LogP contribution in [0.1, 0.15) is 75.7 Å². The molecule has 0 radical (unpaired) electrons. The lowest BCUT2D eigenvalue weighted by atomic mass is 9.60. The number of nitriles is 2. The minimum atomic E-state index is -0.979. The molecule has 1 saturated carbocycles. The summed E-state index contributed by atoms with van der Waals surface area (Å²) in [4.78, 5) is 34.2. The Balaban J connectivity index is 1.09. The Kier molecular flexibility index (Phi) is 8.89. The second kappa shape index (κ2) is 13.7. The molecule has 5 aromatic rings. The summed E-state index contributed by atoms with van der Waals surface area (Å²) in [6.07, 6.45) is 5.95. The van der Waals surface area contributed by atoms with Crippen molar-refractivity contribution in [3.05, 3.63) is 58.1 Å². The third-order valence-corrected chi connectivity index (χ3v) is 15.6. The van der Waals surface area contributed by atoms with Crippen molar-refractivity contribution in [2.24, 2.45) is 10.8 Å². The van der Waals surface area contributed by atoms with Gasteiger partial charge in [-0.3, -0.25) is 9.47 Å². The number of anilines is 2. The smallest absolute Gasteiger partial charge is 0.329 e. The Labute approximate surface area is 353 Å². The van der Waals surface area contributed by atoms with E-state index in [1.807, 2.05) is 4.90 Å². The van der Waals surface area contributed by atoms with E-state index in [-0.39, 0.29) is 89.6 Å². The van der Waals surface area contributed by atoms with Crippen LogP contribution in [-0.4, -0.2) is 91.9 Å². The first kappa shape index (κ1) is 39.0. The quantitative estimate of drug-likeness (QED) is 0.176. The number of rotatable bonds is 6. The molecule has 3 aromatic heterocycles. The number of likely N-dealkylation sites (tertiary alicyclic amines) is 1. The number of nitrogens with two attached hydrogens (primary N) is 1. The number of ether oxygens (including phenoxy) is 1. The van der Waals surface area contributed by atoms with Crippen molar-refractivity contribution >= 4 is 60.8 Å². The monoisotopic (exact) mass is 854 g/mol. The Hall–Kier alpha value is -5.16. The molecule has 4 aliphatic heterocycles. The van der Waals surface area contributed by atoms with E-state index in [4.69, 9.17) is 27.1 Å². The molecule has 5 fully saturated rings. The van der Waals surface area contributed by atoms with E-state index >= 15 is 8.78 Å². The van der Waals surface area contributed by atoms with Gasteiger partial charge in [-0.15, -0.1) is 11.3 Å².